The van der Waals surface area contributed by atoms with E-state index in [1.807, 2.05) is 12.1 Å². The van der Waals surface area contributed by atoms with Crippen molar-refractivity contribution in [1.29, 1.82) is 0 Å². The topological polar surface area (TPSA) is 25.8 Å². The van der Waals surface area contributed by atoms with Crippen LogP contribution in [0, 0.1) is 0 Å². The molecule has 2 aliphatic carbocycles. The van der Waals surface area contributed by atoms with E-state index in [-0.39, 0.29) is 5.41 Å². The van der Waals surface area contributed by atoms with Gasteiger partial charge in [-0.1, -0.05) is 135 Å². The summed E-state index contributed by atoms with van der Waals surface area (Å²) in [4.78, 5) is 10.2. The van der Waals surface area contributed by atoms with Crippen molar-refractivity contribution in [2.45, 2.75) is 37.5 Å². The zero-order chi connectivity index (χ0) is 27.9. The lowest BCUT2D eigenvalue weighted by Gasteiger charge is -2.36. The molecule has 2 nitrogen and oxygen atoms in total. The standard InChI is InChI=1S/C40H32N2/c1-4-13-28(14-5-1)37-27-38(29-15-6-2-7-16-29)42-39(41-37)32-18-12-17-30(25-32)31-21-22-34-33-19-8-9-20-35(33)40(36(34)26-31)23-10-3-11-24-40/h1-2,4-9,12-22,25-27H,3,10-11,23-24H2. The summed E-state index contributed by atoms with van der Waals surface area (Å²) in [5, 5.41) is 0. The average Bonchev–Trinajstić information content (AvgIpc) is 3.34. The fourth-order valence-corrected chi connectivity index (χ4v) is 7.26. The van der Waals surface area contributed by atoms with E-state index in [1.54, 1.807) is 0 Å². The van der Waals surface area contributed by atoms with Gasteiger partial charge in [-0.2, -0.15) is 0 Å². The van der Waals surface area contributed by atoms with Gasteiger partial charge in [0.1, 0.15) is 0 Å². The first-order valence-corrected chi connectivity index (χ1v) is 15.1. The van der Waals surface area contributed by atoms with Crippen molar-refractivity contribution >= 4 is 0 Å². The van der Waals surface area contributed by atoms with E-state index < -0.39 is 0 Å². The smallest absolute Gasteiger partial charge is 0.160 e. The Morgan fingerprint density at radius 1 is 0.405 bits per heavy atom. The minimum atomic E-state index is 0.148. The molecule has 8 rings (SSSR count). The van der Waals surface area contributed by atoms with Crippen LogP contribution in [0.2, 0.25) is 0 Å². The highest BCUT2D eigenvalue weighted by atomic mass is 14.9. The molecule has 1 saturated carbocycles. The van der Waals surface area contributed by atoms with Crippen molar-refractivity contribution in [1.82, 2.24) is 9.97 Å². The van der Waals surface area contributed by atoms with E-state index in [0.717, 1.165) is 33.9 Å². The van der Waals surface area contributed by atoms with Crippen LogP contribution in [-0.4, -0.2) is 9.97 Å². The number of fused-ring (bicyclic) bond motifs is 5. The molecule has 0 N–H and O–H groups in total. The van der Waals surface area contributed by atoms with Crippen molar-refractivity contribution in [3.63, 3.8) is 0 Å². The van der Waals surface area contributed by atoms with Gasteiger partial charge in [-0.05, 0) is 64.4 Å². The monoisotopic (exact) mass is 540 g/mol. The third kappa shape index (κ3) is 4.18. The van der Waals surface area contributed by atoms with E-state index in [0.29, 0.717) is 0 Å². The molecule has 202 valence electrons. The van der Waals surface area contributed by atoms with Gasteiger partial charge in [0.05, 0.1) is 11.4 Å². The Morgan fingerprint density at radius 2 is 0.976 bits per heavy atom. The van der Waals surface area contributed by atoms with Crippen molar-refractivity contribution in [3.05, 3.63) is 145 Å². The SMILES string of the molecule is c1ccc(-c2cc(-c3ccccc3)nc(-c3cccc(-c4ccc5c(c4)C4(CCCCC4)c4ccccc4-5)c3)n2)cc1. The van der Waals surface area contributed by atoms with Crippen molar-refractivity contribution < 1.29 is 0 Å². The molecular weight excluding hydrogens is 508 g/mol. The van der Waals surface area contributed by atoms with E-state index in [4.69, 9.17) is 9.97 Å². The summed E-state index contributed by atoms with van der Waals surface area (Å²) in [6.45, 7) is 0. The molecule has 6 aromatic rings. The normalized spacial score (nSPS) is 14.9. The lowest BCUT2D eigenvalue weighted by Crippen LogP contribution is -2.28. The van der Waals surface area contributed by atoms with Crippen LogP contribution in [0.3, 0.4) is 0 Å². The van der Waals surface area contributed by atoms with E-state index in [1.165, 1.54) is 65.5 Å². The van der Waals surface area contributed by atoms with Crippen molar-refractivity contribution in [2.24, 2.45) is 0 Å². The lowest BCUT2D eigenvalue weighted by molar-refractivity contribution is 0.353. The summed E-state index contributed by atoms with van der Waals surface area (Å²) in [7, 11) is 0. The first-order valence-electron chi connectivity index (χ1n) is 15.1. The van der Waals surface area contributed by atoms with Gasteiger partial charge in [0, 0.05) is 22.1 Å². The molecule has 5 aromatic carbocycles. The number of hydrogen-bond acceptors (Lipinski definition) is 2. The molecule has 1 aromatic heterocycles. The van der Waals surface area contributed by atoms with Gasteiger partial charge in [0.15, 0.2) is 5.82 Å². The second-order valence-corrected chi connectivity index (χ2v) is 11.7. The molecule has 0 bridgehead atoms. The Balaban J connectivity index is 1.24. The summed E-state index contributed by atoms with van der Waals surface area (Å²) < 4.78 is 0. The Bertz CT molecular complexity index is 1840. The van der Waals surface area contributed by atoms with Gasteiger partial charge in [-0.15, -0.1) is 0 Å². The van der Waals surface area contributed by atoms with Crippen molar-refractivity contribution in [2.75, 3.05) is 0 Å². The van der Waals surface area contributed by atoms with Crippen LogP contribution in [0.4, 0.5) is 0 Å². The average molecular weight is 541 g/mol. The second-order valence-electron chi connectivity index (χ2n) is 11.7. The van der Waals surface area contributed by atoms with Gasteiger partial charge in [0.25, 0.3) is 0 Å². The van der Waals surface area contributed by atoms with Gasteiger partial charge >= 0.3 is 0 Å². The third-order valence-corrected chi connectivity index (χ3v) is 9.29. The van der Waals surface area contributed by atoms with Crippen molar-refractivity contribution in [3.8, 4) is 56.2 Å². The maximum Gasteiger partial charge on any atom is 0.160 e. The molecule has 0 atom stereocenters. The van der Waals surface area contributed by atoms with Crippen LogP contribution in [0.25, 0.3) is 56.2 Å². The molecule has 0 aliphatic heterocycles. The summed E-state index contributed by atoms with van der Waals surface area (Å²) in [5.74, 6) is 0.745. The van der Waals surface area contributed by atoms with Gasteiger partial charge < -0.3 is 0 Å². The predicted molar refractivity (Wildman–Crippen MR) is 173 cm³/mol. The quantitative estimate of drug-likeness (QED) is 0.222. The molecule has 0 unspecified atom stereocenters. The minimum Gasteiger partial charge on any atom is -0.228 e. The number of hydrogen-bond donors (Lipinski definition) is 0. The van der Waals surface area contributed by atoms with E-state index in [9.17, 15) is 0 Å². The van der Waals surface area contributed by atoms with Crippen LogP contribution >= 0.6 is 0 Å². The molecule has 2 heteroatoms. The molecule has 0 radical (unpaired) electrons. The number of benzene rings is 5. The molecule has 1 heterocycles. The van der Waals surface area contributed by atoms with Crippen LogP contribution < -0.4 is 0 Å². The van der Waals surface area contributed by atoms with Crippen LogP contribution in [0.5, 0.6) is 0 Å². The zero-order valence-electron chi connectivity index (χ0n) is 23.6. The summed E-state index contributed by atoms with van der Waals surface area (Å²) >= 11 is 0. The van der Waals surface area contributed by atoms with E-state index >= 15 is 0 Å². The molecule has 1 fully saturated rings. The van der Waals surface area contributed by atoms with Gasteiger partial charge in [-0.25, -0.2) is 9.97 Å². The van der Waals surface area contributed by atoms with E-state index in [2.05, 4.69) is 121 Å². The Hall–Kier alpha value is -4.82. The lowest BCUT2D eigenvalue weighted by atomic mass is 9.67. The number of rotatable bonds is 4. The molecular formula is C40H32N2. The molecule has 0 amide bonds. The second kappa shape index (κ2) is 10.2. The van der Waals surface area contributed by atoms with Gasteiger partial charge in [0.2, 0.25) is 0 Å². The maximum absolute atomic E-state index is 5.08. The predicted octanol–water partition coefficient (Wildman–Crippen LogP) is 10.4. The summed E-state index contributed by atoms with van der Waals surface area (Å²) in [5.41, 5.74) is 13.6. The molecule has 42 heavy (non-hydrogen) atoms. The highest BCUT2D eigenvalue weighted by Gasteiger charge is 2.43. The Kier molecular flexibility index (Phi) is 6.07. The maximum atomic E-state index is 5.08. The number of nitrogens with zero attached hydrogens (tertiary/aromatic N) is 2. The minimum absolute atomic E-state index is 0.148. The van der Waals surface area contributed by atoms with Crippen LogP contribution in [0.15, 0.2) is 133 Å². The molecule has 1 spiro atoms. The molecule has 0 saturated heterocycles. The summed E-state index contributed by atoms with van der Waals surface area (Å²) in [6, 6.07) is 47.9. The first-order chi connectivity index (χ1) is 20.8. The fraction of sp³-hybridized carbons (Fsp3) is 0.150. The largest absolute Gasteiger partial charge is 0.228 e. The molecule has 2 aliphatic rings. The first kappa shape index (κ1) is 24.9. The highest BCUT2D eigenvalue weighted by Crippen LogP contribution is 2.56. The third-order valence-electron chi connectivity index (χ3n) is 9.29. The number of aromatic nitrogens is 2. The highest BCUT2D eigenvalue weighted by molar-refractivity contribution is 5.84. The Morgan fingerprint density at radius 3 is 1.69 bits per heavy atom. The summed E-state index contributed by atoms with van der Waals surface area (Å²) in [6.07, 6.45) is 6.42. The van der Waals surface area contributed by atoms with Crippen LogP contribution in [-0.2, 0) is 5.41 Å². The Labute approximate surface area is 247 Å². The fourth-order valence-electron chi connectivity index (χ4n) is 7.26. The van der Waals surface area contributed by atoms with Crippen LogP contribution in [0.1, 0.15) is 43.2 Å². The van der Waals surface area contributed by atoms with Gasteiger partial charge in [-0.3, -0.25) is 0 Å². The zero-order valence-corrected chi connectivity index (χ0v) is 23.6.